The fraction of sp³-hybridized carbons (Fsp3) is 1.00. The van der Waals surface area contributed by atoms with Crippen LogP contribution in [0, 0.1) is 0 Å². The molecule has 0 aromatic carbocycles. The summed E-state index contributed by atoms with van der Waals surface area (Å²) in [4.78, 5) is 0. The van der Waals surface area contributed by atoms with Crippen LogP contribution < -0.4 is 0 Å². The van der Waals surface area contributed by atoms with E-state index >= 15 is 0 Å². The van der Waals surface area contributed by atoms with Crippen LogP contribution in [0.3, 0.4) is 0 Å². The van der Waals surface area contributed by atoms with Crippen molar-refractivity contribution in [2.24, 2.45) is 0 Å². The Balaban J connectivity index is 2.41. The number of ether oxygens (including phenoxy) is 1. The van der Waals surface area contributed by atoms with Gasteiger partial charge >= 0.3 is 0 Å². The quantitative estimate of drug-likeness (QED) is 0.390. The Morgan fingerprint density at radius 2 is 1.70 bits per heavy atom. The molecule has 3 unspecified atom stereocenters. The van der Waals surface area contributed by atoms with Crippen molar-refractivity contribution in [3.63, 3.8) is 0 Å². The molecule has 4 heteroatoms. The van der Waals surface area contributed by atoms with Gasteiger partial charge in [-0.15, -0.1) is 0 Å². The van der Waals surface area contributed by atoms with E-state index in [4.69, 9.17) is 20.1 Å². The van der Waals surface area contributed by atoms with Crippen LogP contribution in [0.4, 0.5) is 0 Å². The standard InChI is InChI=1S/C6H12O4/c7-4-1-5(8)6(9)3-10-2-4/h4-9H,1-3H2. The largest absolute Gasteiger partial charge is 0.391 e. The normalized spacial score (nSPS) is 42.9. The van der Waals surface area contributed by atoms with Crippen LogP contribution in [-0.4, -0.2) is 46.8 Å². The maximum Gasteiger partial charge on any atom is 0.103 e. The van der Waals surface area contributed by atoms with Crippen LogP contribution in [0.15, 0.2) is 0 Å². The molecule has 0 aromatic rings. The highest BCUT2D eigenvalue weighted by molar-refractivity contribution is 4.74. The molecule has 1 aliphatic heterocycles. The van der Waals surface area contributed by atoms with Crippen molar-refractivity contribution < 1.29 is 20.1 Å². The van der Waals surface area contributed by atoms with E-state index in [9.17, 15) is 0 Å². The fourth-order valence-electron chi connectivity index (χ4n) is 0.940. The van der Waals surface area contributed by atoms with Gasteiger partial charge in [-0.3, -0.25) is 0 Å². The Bertz CT molecular complexity index is 106. The summed E-state index contributed by atoms with van der Waals surface area (Å²) in [6.07, 6.45) is -2.15. The Hall–Kier alpha value is -0.160. The second-order valence-electron chi connectivity index (χ2n) is 2.56. The molecule has 1 heterocycles. The second-order valence-corrected chi connectivity index (χ2v) is 2.56. The summed E-state index contributed by atoms with van der Waals surface area (Å²) < 4.78 is 4.83. The van der Waals surface area contributed by atoms with Crippen LogP contribution in [0.2, 0.25) is 0 Å². The SMILES string of the molecule is OC1COCC(O)C(O)C1. The van der Waals surface area contributed by atoms with Gasteiger partial charge in [0.15, 0.2) is 0 Å². The first-order chi connectivity index (χ1) is 4.70. The lowest BCUT2D eigenvalue weighted by Gasteiger charge is -2.12. The smallest absolute Gasteiger partial charge is 0.103 e. The lowest BCUT2D eigenvalue weighted by molar-refractivity contribution is -0.0173. The fourth-order valence-corrected chi connectivity index (χ4v) is 0.940. The average molecular weight is 148 g/mol. The number of hydrogen-bond donors (Lipinski definition) is 3. The third-order valence-corrected chi connectivity index (χ3v) is 1.56. The van der Waals surface area contributed by atoms with E-state index in [1.807, 2.05) is 0 Å². The minimum absolute atomic E-state index is 0.109. The maximum absolute atomic E-state index is 9.04. The Morgan fingerprint density at radius 1 is 1.00 bits per heavy atom. The van der Waals surface area contributed by atoms with Gasteiger partial charge in [-0.25, -0.2) is 0 Å². The van der Waals surface area contributed by atoms with Crippen LogP contribution in [-0.2, 0) is 4.74 Å². The number of aliphatic hydroxyl groups is 3. The lowest BCUT2D eigenvalue weighted by Crippen LogP contribution is -2.29. The van der Waals surface area contributed by atoms with Gasteiger partial charge in [-0.1, -0.05) is 0 Å². The van der Waals surface area contributed by atoms with Crippen LogP contribution >= 0.6 is 0 Å². The Kier molecular flexibility index (Phi) is 2.62. The van der Waals surface area contributed by atoms with E-state index in [1.165, 1.54) is 0 Å². The number of hydrogen-bond acceptors (Lipinski definition) is 4. The van der Waals surface area contributed by atoms with E-state index in [0.29, 0.717) is 0 Å². The van der Waals surface area contributed by atoms with Gasteiger partial charge in [0, 0.05) is 6.42 Å². The maximum atomic E-state index is 9.04. The third-order valence-electron chi connectivity index (χ3n) is 1.56. The van der Waals surface area contributed by atoms with Gasteiger partial charge in [0.2, 0.25) is 0 Å². The first-order valence-electron chi connectivity index (χ1n) is 3.32. The molecule has 1 fully saturated rings. The summed E-state index contributed by atoms with van der Waals surface area (Å²) in [5, 5.41) is 27.0. The third kappa shape index (κ3) is 1.91. The molecule has 1 saturated heterocycles. The summed E-state index contributed by atoms with van der Waals surface area (Å²) in [5.74, 6) is 0. The summed E-state index contributed by atoms with van der Waals surface area (Å²) >= 11 is 0. The molecule has 4 nitrogen and oxygen atoms in total. The molecule has 0 aromatic heterocycles. The Morgan fingerprint density at radius 3 is 2.40 bits per heavy atom. The van der Waals surface area contributed by atoms with Gasteiger partial charge in [0.25, 0.3) is 0 Å². The minimum atomic E-state index is -0.850. The second kappa shape index (κ2) is 3.30. The molecule has 3 atom stereocenters. The summed E-state index contributed by atoms with van der Waals surface area (Å²) in [6.45, 7) is 0.312. The van der Waals surface area contributed by atoms with Crippen molar-refractivity contribution in [2.75, 3.05) is 13.2 Å². The molecule has 1 rings (SSSR count). The topological polar surface area (TPSA) is 69.9 Å². The van der Waals surface area contributed by atoms with Crippen molar-refractivity contribution in [1.29, 1.82) is 0 Å². The lowest BCUT2D eigenvalue weighted by atomic mass is 10.1. The molecule has 0 spiro atoms. The molecule has 0 saturated carbocycles. The minimum Gasteiger partial charge on any atom is -0.391 e. The van der Waals surface area contributed by atoms with Gasteiger partial charge in [0.05, 0.1) is 25.4 Å². The van der Waals surface area contributed by atoms with E-state index in [1.54, 1.807) is 0 Å². The van der Waals surface area contributed by atoms with Crippen LogP contribution in [0.5, 0.6) is 0 Å². The van der Waals surface area contributed by atoms with Crippen molar-refractivity contribution >= 4 is 0 Å². The van der Waals surface area contributed by atoms with Crippen LogP contribution in [0.1, 0.15) is 6.42 Å². The first kappa shape index (κ1) is 7.94. The molecule has 0 bridgehead atoms. The number of aliphatic hydroxyl groups excluding tert-OH is 3. The van der Waals surface area contributed by atoms with Crippen molar-refractivity contribution in [2.45, 2.75) is 24.7 Å². The molecule has 60 valence electrons. The van der Waals surface area contributed by atoms with Crippen molar-refractivity contribution in [3.8, 4) is 0 Å². The molecule has 1 aliphatic rings. The van der Waals surface area contributed by atoms with E-state index in [-0.39, 0.29) is 19.6 Å². The van der Waals surface area contributed by atoms with Gasteiger partial charge in [-0.2, -0.15) is 0 Å². The predicted octanol–water partition coefficient (Wildman–Crippen LogP) is -1.51. The van der Waals surface area contributed by atoms with E-state index in [2.05, 4.69) is 0 Å². The van der Waals surface area contributed by atoms with E-state index < -0.39 is 18.3 Å². The molecule has 10 heavy (non-hydrogen) atoms. The highest BCUT2D eigenvalue weighted by Crippen LogP contribution is 2.08. The predicted molar refractivity (Wildman–Crippen MR) is 33.5 cm³/mol. The van der Waals surface area contributed by atoms with E-state index in [0.717, 1.165) is 0 Å². The molecular formula is C6H12O4. The summed E-state index contributed by atoms with van der Waals surface area (Å²) in [6, 6.07) is 0. The average Bonchev–Trinajstić information content (AvgIpc) is 1.96. The summed E-state index contributed by atoms with van der Waals surface area (Å²) in [5.41, 5.74) is 0. The highest BCUT2D eigenvalue weighted by Gasteiger charge is 2.23. The highest BCUT2D eigenvalue weighted by atomic mass is 16.5. The number of rotatable bonds is 0. The molecule has 0 amide bonds. The van der Waals surface area contributed by atoms with Crippen molar-refractivity contribution in [3.05, 3.63) is 0 Å². The monoisotopic (exact) mass is 148 g/mol. The molecule has 0 aliphatic carbocycles. The van der Waals surface area contributed by atoms with Crippen molar-refractivity contribution in [1.82, 2.24) is 0 Å². The summed E-state index contributed by atoms with van der Waals surface area (Å²) in [7, 11) is 0. The zero-order chi connectivity index (χ0) is 7.56. The Labute approximate surface area is 59.1 Å². The molecular weight excluding hydrogens is 136 g/mol. The zero-order valence-corrected chi connectivity index (χ0v) is 5.60. The first-order valence-corrected chi connectivity index (χ1v) is 3.32. The zero-order valence-electron chi connectivity index (χ0n) is 5.60. The molecule has 3 N–H and O–H groups in total. The van der Waals surface area contributed by atoms with Gasteiger partial charge in [-0.05, 0) is 0 Å². The van der Waals surface area contributed by atoms with Gasteiger partial charge in [0.1, 0.15) is 6.10 Å². The van der Waals surface area contributed by atoms with Crippen LogP contribution in [0.25, 0.3) is 0 Å². The molecule has 0 radical (unpaired) electrons. The van der Waals surface area contributed by atoms with Gasteiger partial charge < -0.3 is 20.1 Å².